The van der Waals surface area contributed by atoms with Crippen LogP contribution in [0.25, 0.3) is 0 Å². The predicted octanol–water partition coefficient (Wildman–Crippen LogP) is 4.16. The molecule has 1 atom stereocenters. The van der Waals surface area contributed by atoms with Crippen LogP contribution in [0.1, 0.15) is 76.9 Å². The van der Waals surface area contributed by atoms with E-state index in [0.717, 1.165) is 5.56 Å². The summed E-state index contributed by atoms with van der Waals surface area (Å²) in [5, 5.41) is 3.14. The van der Waals surface area contributed by atoms with Crippen LogP contribution in [0.3, 0.4) is 0 Å². The standard InChI is InChI=1S/C22H34BNO5/c1-20(2,3)19(26)24-17(15-9-11-16(12-10-15)18(25)27-8)13-14-23-28-21(4,5)22(6,7)29-23/h9-12,17H,13-14H2,1-8H3,(H,24,26). The normalized spacial score (nSPS) is 19.0. The maximum absolute atomic E-state index is 12.6. The van der Waals surface area contributed by atoms with Crippen LogP contribution < -0.4 is 5.32 Å². The highest BCUT2D eigenvalue weighted by molar-refractivity contribution is 6.45. The molecular weight excluding hydrogens is 369 g/mol. The molecule has 0 aromatic heterocycles. The van der Waals surface area contributed by atoms with E-state index in [1.54, 1.807) is 12.1 Å². The number of carbonyl (C=O) groups is 2. The van der Waals surface area contributed by atoms with E-state index in [2.05, 4.69) is 5.32 Å². The molecular formula is C22H34BNO5. The molecule has 29 heavy (non-hydrogen) atoms. The van der Waals surface area contributed by atoms with Crippen LogP contribution in [-0.4, -0.2) is 37.3 Å². The lowest BCUT2D eigenvalue weighted by molar-refractivity contribution is -0.129. The number of methoxy groups -OCH3 is 1. The zero-order chi connectivity index (χ0) is 22.0. The van der Waals surface area contributed by atoms with Gasteiger partial charge in [0.05, 0.1) is 29.9 Å². The van der Waals surface area contributed by atoms with Crippen molar-refractivity contribution in [1.82, 2.24) is 5.32 Å². The van der Waals surface area contributed by atoms with Crippen molar-refractivity contribution in [3.8, 4) is 0 Å². The van der Waals surface area contributed by atoms with Crippen molar-refractivity contribution in [2.45, 2.75) is 78.5 Å². The first kappa shape index (κ1) is 23.4. The number of hydrogen-bond acceptors (Lipinski definition) is 5. The summed E-state index contributed by atoms with van der Waals surface area (Å²) in [5.41, 5.74) is 0.123. The van der Waals surface area contributed by atoms with Gasteiger partial charge in [-0.25, -0.2) is 4.79 Å². The zero-order valence-corrected chi connectivity index (χ0v) is 18.9. The van der Waals surface area contributed by atoms with Gasteiger partial charge in [0.25, 0.3) is 0 Å². The lowest BCUT2D eigenvalue weighted by Crippen LogP contribution is -2.41. The number of ether oxygens (including phenoxy) is 1. The Labute approximate surface area is 174 Å². The molecule has 1 unspecified atom stereocenters. The molecule has 1 aromatic carbocycles. The van der Waals surface area contributed by atoms with Crippen molar-refractivity contribution in [3.05, 3.63) is 35.4 Å². The molecule has 1 N–H and O–H groups in total. The first-order chi connectivity index (χ1) is 13.3. The van der Waals surface area contributed by atoms with Crippen LogP contribution in [0, 0.1) is 5.41 Å². The summed E-state index contributed by atoms with van der Waals surface area (Å²) < 4.78 is 16.9. The second kappa shape index (κ2) is 8.48. The van der Waals surface area contributed by atoms with Crippen LogP contribution in [-0.2, 0) is 18.8 Å². The maximum Gasteiger partial charge on any atom is 0.457 e. The van der Waals surface area contributed by atoms with Gasteiger partial charge in [-0.15, -0.1) is 0 Å². The summed E-state index contributed by atoms with van der Waals surface area (Å²) in [4.78, 5) is 24.3. The van der Waals surface area contributed by atoms with Gasteiger partial charge < -0.3 is 19.4 Å². The Bertz CT molecular complexity index is 721. The fraction of sp³-hybridized carbons (Fsp3) is 0.636. The third-order valence-corrected chi connectivity index (χ3v) is 5.71. The van der Waals surface area contributed by atoms with E-state index in [9.17, 15) is 9.59 Å². The van der Waals surface area contributed by atoms with Gasteiger partial charge in [-0.1, -0.05) is 32.9 Å². The zero-order valence-electron chi connectivity index (χ0n) is 18.9. The van der Waals surface area contributed by atoms with E-state index in [4.69, 9.17) is 14.0 Å². The number of benzene rings is 1. The lowest BCUT2D eigenvalue weighted by atomic mass is 9.80. The Morgan fingerprint density at radius 3 is 2.03 bits per heavy atom. The van der Waals surface area contributed by atoms with Crippen LogP contribution in [0.2, 0.25) is 6.32 Å². The number of esters is 1. The molecule has 1 aromatic rings. The average Bonchev–Trinajstić information content (AvgIpc) is 2.83. The third-order valence-electron chi connectivity index (χ3n) is 5.71. The Hall–Kier alpha value is -1.86. The Morgan fingerprint density at radius 1 is 1.07 bits per heavy atom. The third kappa shape index (κ3) is 5.61. The summed E-state index contributed by atoms with van der Waals surface area (Å²) in [6.07, 6.45) is 1.29. The van der Waals surface area contributed by atoms with Gasteiger partial charge in [-0.05, 0) is 58.1 Å². The summed E-state index contributed by atoms with van der Waals surface area (Å²) >= 11 is 0. The number of hydrogen-bond donors (Lipinski definition) is 1. The second-order valence-electron chi connectivity index (χ2n) is 9.65. The number of amides is 1. The van der Waals surface area contributed by atoms with Crippen LogP contribution in [0.15, 0.2) is 24.3 Å². The minimum Gasteiger partial charge on any atom is -0.465 e. The molecule has 1 saturated heterocycles. The Morgan fingerprint density at radius 2 is 1.59 bits per heavy atom. The molecule has 0 spiro atoms. The minimum absolute atomic E-state index is 0.0338. The van der Waals surface area contributed by atoms with Gasteiger partial charge in [0.15, 0.2) is 0 Å². The first-order valence-corrected chi connectivity index (χ1v) is 10.1. The largest absolute Gasteiger partial charge is 0.465 e. The SMILES string of the molecule is COC(=O)c1ccc(C(CCB2OC(C)(C)C(C)(C)O2)NC(=O)C(C)(C)C)cc1. The molecule has 6 nitrogen and oxygen atoms in total. The first-order valence-electron chi connectivity index (χ1n) is 10.1. The van der Waals surface area contributed by atoms with Crippen molar-refractivity contribution >= 4 is 19.0 Å². The number of rotatable bonds is 6. The van der Waals surface area contributed by atoms with Crippen molar-refractivity contribution in [1.29, 1.82) is 0 Å². The van der Waals surface area contributed by atoms with E-state index >= 15 is 0 Å². The molecule has 1 aliphatic rings. The second-order valence-corrected chi connectivity index (χ2v) is 9.65. The van der Waals surface area contributed by atoms with Gasteiger partial charge >= 0.3 is 13.1 Å². The van der Waals surface area contributed by atoms with Gasteiger partial charge in [0, 0.05) is 5.41 Å². The van der Waals surface area contributed by atoms with E-state index in [-0.39, 0.29) is 36.2 Å². The molecule has 1 heterocycles. The van der Waals surface area contributed by atoms with Crippen molar-refractivity contribution in [2.24, 2.45) is 5.41 Å². The van der Waals surface area contributed by atoms with E-state index < -0.39 is 5.41 Å². The molecule has 7 heteroatoms. The summed E-state index contributed by atoms with van der Waals surface area (Å²) in [7, 11) is 1.02. The van der Waals surface area contributed by atoms with Crippen molar-refractivity contribution < 1.29 is 23.6 Å². The maximum atomic E-state index is 12.6. The molecule has 0 saturated carbocycles. The topological polar surface area (TPSA) is 73.9 Å². The van der Waals surface area contributed by atoms with Crippen LogP contribution >= 0.6 is 0 Å². The van der Waals surface area contributed by atoms with Crippen molar-refractivity contribution in [2.75, 3.05) is 7.11 Å². The highest BCUT2D eigenvalue weighted by atomic mass is 16.7. The highest BCUT2D eigenvalue weighted by Gasteiger charge is 2.50. The Balaban J connectivity index is 2.15. The fourth-order valence-electron chi connectivity index (χ4n) is 3.05. The average molecular weight is 403 g/mol. The Kier molecular flexibility index (Phi) is 6.85. The molecule has 0 bridgehead atoms. The van der Waals surface area contributed by atoms with Gasteiger partial charge in [-0.3, -0.25) is 4.79 Å². The monoisotopic (exact) mass is 403 g/mol. The van der Waals surface area contributed by atoms with Crippen LogP contribution in [0.5, 0.6) is 0 Å². The van der Waals surface area contributed by atoms with Gasteiger partial charge in [-0.2, -0.15) is 0 Å². The van der Waals surface area contributed by atoms with E-state index in [1.807, 2.05) is 60.6 Å². The van der Waals surface area contributed by atoms with Gasteiger partial charge in [0.2, 0.25) is 5.91 Å². The van der Waals surface area contributed by atoms with E-state index in [1.165, 1.54) is 7.11 Å². The van der Waals surface area contributed by atoms with E-state index in [0.29, 0.717) is 18.3 Å². The minimum atomic E-state index is -0.505. The fourth-order valence-corrected chi connectivity index (χ4v) is 3.05. The summed E-state index contributed by atoms with van der Waals surface area (Å²) in [5.74, 6) is -0.419. The number of carbonyl (C=O) groups excluding carboxylic acids is 2. The summed E-state index contributed by atoms with van der Waals surface area (Å²) in [6, 6.07) is 6.92. The number of nitrogens with one attached hydrogen (secondary N) is 1. The molecule has 1 fully saturated rings. The predicted molar refractivity (Wildman–Crippen MR) is 114 cm³/mol. The molecule has 1 aliphatic heterocycles. The summed E-state index contributed by atoms with van der Waals surface area (Å²) in [6.45, 7) is 13.7. The van der Waals surface area contributed by atoms with Crippen LogP contribution in [0.4, 0.5) is 0 Å². The molecule has 160 valence electrons. The smallest absolute Gasteiger partial charge is 0.457 e. The molecule has 0 aliphatic carbocycles. The van der Waals surface area contributed by atoms with Gasteiger partial charge in [0.1, 0.15) is 0 Å². The quantitative estimate of drug-likeness (QED) is 0.570. The molecule has 2 rings (SSSR count). The lowest BCUT2D eigenvalue weighted by Gasteiger charge is -2.32. The molecule has 1 amide bonds. The molecule has 0 radical (unpaired) electrons. The van der Waals surface area contributed by atoms with Crippen molar-refractivity contribution in [3.63, 3.8) is 0 Å². The highest BCUT2D eigenvalue weighted by Crippen LogP contribution is 2.38.